The van der Waals surface area contributed by atoms with Gasteiger partial charge in [0.25, 0.3) is 0 Å². The van der Waals surface area contributed by atoms with Crippen LogP contribution in [0.4, 0.5) is 0 Å². The lowest BCUT2D eigenvalue weighted by Gasteiger charge is -2.34. The summed E-state index contributed by atoms with van der Waals surface area (Å²) in [5.41, 5.74) is 0. The molecule has 1 aliphatic heterocycles. The Hall–Kier alpha value is -0.570. The molecule has 1 N–H and O–H groups in total. The van der Waals surface area contributed by atoms with Gasteiger partial charge in [0.15, 0.2) is 0 Å². The zero-order chi connectivity index (χ0) is 13.8. The third kappa shape index (κ3) is 3.31. The molecule has 2 fully saturated rings. The first-order valence-electron chi connectivity index (χ1n) is 8.21. The number of nitrogens with zero attached hydrogens (tertiary/aromatic N) is 1. The maximum Gasteiger partial charge on any atom is 0.241 e. The topological polar surface area (TPSA) is 32.3 Å². The van der Waals surface area contributed by atoms with Crippen LogP contribution in [0.3, 0.4) is 0 Å². The molecule has 2 aliphatic rings. The minimum Gasteiger partial charge on any atom is -0.326 e. The van der Waals surface area contributed by atoms with E-state index in [1.54, 1.807) is 0 Å². The standard InChI is InChI=1S/C16H30N2O/c1-4-6-13-7-9-14(10-8-13)18-11-17-15(16(18)19)12(3)5-2/h12-15,17H,4-11H2,1-3H3. The Labute approximate surface area is 118 Å². The van der Waals surface area contributed by atoms with E-state index in [2.05, 4.69) is 31.0 Å². The number of rotatable bonds is 5. The van der Waals surface area contributed by atoms with Gasteiger partial charge in [0.2, 0.25) is 5.91 Å². The molecule has 1 amide bonds. The van der Waals surface area contributed by atoms with Crippen LogP contribution in [0.25, 0.3) is 0 Å². The maximum atomic E-state index is 12.5. The number of nitrogens with one attached hydrogen (secondary N) is 1. The van der Waals surface area contributed by atoms with E-state index < -0.39 is 0 Å². The van der Waals surface area contributed by atoms with E-state index in [1.165, 1.54) is 38.5 Å². The third-order valence-corrected chi connectivity index (χ3v) is 5.20. The first-order valence-corrected chi connectivity index (χ1v) is 8.21. The minimum absolute atomic E-state index is 0.0679. The second-order valence-corrected chi connectivity index (χ2v) is 6.50. The highest BCUT2D eigenvalue weighted by Crippen LogP contribution is 2.32. The maximum absolute atomic E-state index is 12.5. The van der Waals surface area contributed by atoms with Crippen molar-refractivity contribution >= 4 is 5.91 Å². The summed E-state index contributed by atoms with van der Waals surface area (Å²) in [6.45, 7) is 7.39. The van der Waals surface area contributed by atoms with Crippen LogP contribution >= 0.6 is 0 Å². The first kappa shape index (κ1) is 14.8. The van der Waals surface area contributed by atoms with Crippen LogP contribution in [-0.4, -0.2) is 29.6 Å². The fourth-order valence-electron chi connectivity index (χ4n) is 3.68. The predicted octanol–water partition coefficient (Wildman–Crippen LogP) is 3.15. The second-order valence-electron chi connectivity index (χ2n) is 6.50. The third-order valence-electron chi connectivity index (χ3n) is 5.20. The van der Waals surface area contributed by atoms with Gasteiger partial charge in [-0.25, -0.2) is 0 Å². The van der Waals surface area contributed by atoms with E-state index in [-0.39, 0.29) is 6.04 Å². The highest BCUT2D eigenvalue weighted by atomic mass is 16.2. The van der Waals surface area contributed by atoms with Gasteiger partial charge in [-0.15, -0.1) is 0 Å². The Balaban J connectivity index is 1.85. The molecule has 1 aliphatic carbocycles. The average molecular weight is 266 g/mol. The summed E-state index contributed by atoms with van der Waals surface area (Å²) in [5.74, 6) is 1.72. The quantitative estimate of drug-likeness (QED) is 0.829. The molecule has 3 nitrogen and oxygen atoms in total. The van der Waals surface area contributed by atoms with Crippen molar-refractivity contribution in [1.29, 1.82) is 0 Å². The lowest BCUT2D eigenvalue weighted by molar-refractivity contribution is -0.132. The normalized spacial score (nSPS) is 33.7. The van der Waals surface area contributed by atoms with Crippen LogP contribution in [0.1, 0.15) is 65.7 Å². The Bertz CT molecular complexity index is 297. The smallest absolute Gasteiger partial charge is 0.241 e. The van der Waals surface area contributed by atoms with Crippen molar-refractivity contribution in [3.05, 3.63) is 0 Å². The monoisotopic (exact) mass is 266 g/mol. The number of carbonyl (C=O) groups is 1. The zero-order valence-electron chi connectivity index (χ0n) is 12.8. The Morgan fingerprint density at radius 1 is 1.26 bits per heavy atom. The SMILES string of the molecule is CCCC1CCC(N2CNC(C(C)CC)C2=O)CC1. The van der Waals surface area contributed by atoms with E-state index in [0.717, 1.165) is 19.0 Å². The molecule has 2 atom stereocenters. The molecule has 2 rings (SSSR count). The van der Waals surface area contributed by atoms with Gasteiger partial charge >= 0.3 is 0 Å². The molecule has 0 radical (unpaired) electrons. The molecule has 1 saturated carbocycles. The average Bonchev–Trinajstić information content (AvgIpc) is 2.81. The zero-order valence-corrected chi connectivity index (χ0v) is 12.8. The highest BCUT2D eigenvalue weighted by Gasteiger charge is 2.38. The van der Waals surface area contributed by atoms with Gasteiger partial charge in [0.1, 0.15) is 0 Å². The van der Waals surface area contributed by atoms with Crippen LogP contribution in [0.15, 0.2) is 0 Å². The summed E-state index contributed by atoms with van der Waals surface area (Å²) in [4.78, 5) is 14.6. The van der Waals surface area contributed by atoms with E-state index >= 15 is 0 Å². The van der Waals surface area contributed by atoms with E-state index in [0.29, 0.717) is 17.9 Å². The Kier molecular flexibility index (Phi) is 5.26. The molecular weight excluding hydrogens is 236 g/mol. The molecule has 110 valence electrons. The summed E-state index contributed by atoms with van der Waals surface area (Å²) >= 11 is 0. The Morgan fingerprint density at radius 3 is 2.53 bits per heavy atom. The number of carbonyl (C=O) groups excluding carboxylic acids is 1. The molecule has 19 heavy (non-hydrogen) atoms. The van der Waals surface area contributed by atoms with Gasteiger partial charge in [-0.1, -0.05) is 40.0 Å². The van der Waals surface area contributed by atoms with Crippen molar-refractivity contribution in [3.8, 4) is 0 Å². The molecule has 0 aromatic rings. The summed E-state index contributed by atoms with van der Waals surface area (Å²) in [6.07, 6.45) is 8.80. The molecular formula is C16H30N2O. The summed E-state index contributed by atoms with van der Waals surface area (Å²) in [7, 11) is 0. The van der Waals surface area contributed by atoms with Crippen LogP contribution in [0, 0.1) is 11.8 Å². The van der Waals surface area contributed by atoms with Crippen molar-refractivity contribution in [1.82, 2.24) is 10.2 Å². The predicted molar refractivity (Wildman–Crippen MR) is 78.7 cm³/mol. The summed E-state index contributed by atoms with van der Waals surface area (Å²) in [5, 5.41) is 3.42. The van der Waals surface area contributed by atoms with Gasteiger partial charge < -0.3 is 4.90 Å². The van der Waals surface area contributed by atoms with Crippen molar-refractivity contribution < 1.29 is 4.79 Å². The van der Waals surface area contributed by atoms with Crippen molar-refractivity contribution in [2.75, 3.05) is 6.67 Å². The van der Waals surface area contributed by atoms with Gasteiger partial charge in [0.05, 0.1) is 12.7 Å². The molecule has 0 aromatic heterocycles. The lowest BCUT2D eigenvalue weighted by Crippen LogP contribution is -2.42. The lowest BCUT2D eigenvalue weighted by atomic mass is 9.83. The molecule has 2 unspecified atom stereocenters. The molecule has 3 heteroatoms. The number of amides is 1. The van der Waals surface area contributed by atoms with Crippen LogP contribution in [0.5, 0.6) is 0 Å². The largest absolute Gasteiger partial charge is 0.326 e. The molecule has 0 bridgehead atoms. The van der Waals surface area contributed by atoms with Crippen LogP contribution in [-0.2, 0) is 4.79 Å². The van der Waals surface area contributed by atoms with Gasteiger partial charge in [-0.05, 0) is 37.5 Å². The van der Waals surface area contributed by atoms with Crippen LogP contribution in [0.2, 0.25) is 0 Å². The van der Waals surface area contributed by atoms with Gasteiger partial charge in [-0.3, -0.25) is 10.1 Å². The van der Waals surface area contributed by atoms with Gasteiger partial charge in [0, 0.05) is 6.04 Å². The fraction of sp³-hybridized carbons (Fsp3) is 0.938. The Morgan fingerprint density at radius 2 is 1.95 bits per heavy atom. The fourth-order valence-corrected chi connectivity index (χ4v) is 3.68. The number of hydrogen-bond acceptors (Lipinski definition) is 2. The summed E-state index contributed by atoms with van der Waals surface area (Å²) in [6, 6.07) is 0.570. The molecule has 0 spiro atoms. The van der Waals surface area contributed by atoms with Crippen molar-refractivity contribution in [2.24, 2.45) is 11.8 Å². The van der Waals surface area contributed by atoms with E-state index in [4.69, 9.17) is 0 Å². The van der Waals surface area contributed by atoms with E-state index in [9.17, 15) is 4.79 Å². The number of hydrogen-bond donors (Lipinski definition) is 1. The highest BCUT2D eigenvalue weighted by molar-refractivity contribution is 5.84. The van der Waals surface area contributed by atoms with Crippen LogP contribution < -0.4 is 5.32 Å². The molecule has 1 saturated heterocycles. The molecule has 1 heterocycles. The van der Waals surface area contributed by atoms with E-state index in [1.807, 2.05) is 0 Å². The van der Waals surface area contributed by atoms with Crippen molar-refractivity contribution in [3.63, 3.8) is 0 Å². The molecule has 0 aromatic carbocycles. The minimum atomic E-state index is 0.0679. The summed E-state index contributed by atoms with van der Waals surface area (Å²) < 4.78 is 0. The first-order chi connectivity index (χ1) is 9.17. The van der Waals surface area contributed by atoms with Crippen molar-refractivity contribution in [2.45, 2.75) is 77.8 Å². The second kappa shape index (κ2) is 6.74. The van der Waals surface area contributed by atoms with Gasteiger partial charge in [-0.2, -0.15) is 0 Å².